The molecule has 4 aromatic heterocycles. The number of pyridine rings is 2. The van der Waals surface area contributed by atoms with Crippen molar-refractivity contribution in [1.82, 2.24) is 35.3 Å². The number of carbonyl (C=O) groups is 1. The smallest absolute Gasteiger partial charge is 0.223 e. The van der Waals surface area contributed by atoms with Crippen molar-refractivity contribution < 1.29 is 4.79 Å². The van der Waals surface area contributed by atoms with Gasteiger partial charge >= 0.3 is 0 Å². The van der Waals surface area contributed by atoms with Crippen molar-refractivity contribution in [2.75, 3.05) is 5.32 Å². The van der Waals surface area contributed by atoms with Crippen LogP contribution in [0.5, 0.6) is 0 Å². The SMILES string of the molecule is Cc1cc(Nc2cc(C)[nH]n2)nc([C@H]2C[C@H](C(=O)N[C@H](C)c3ccc(-n4cccn4)nc3)C2)c1. The highest BCUT2D eigenvalue weighted by atomic mass is 16.2. The zero-order valence-electron chi connectivity index (χ0n) is 19.5. The van der Waals surface area contributed by atoms with Crippen molar-refractivity contribution >= 4 is 17.5 Å². The maximum absolute atomic E-state index is 12.8. The van der Waals surface area contributed by atoms with E-state index in [0.29, 0.717) is 0 Å². The highest BCUT2D eigenvalue weighted by molar-refractivity contribution is 5.80. The first kappa shape index (κ1) is 21.8. The lowest BCUT2D eigenvalue weighted by molar-refractivity contribution is -0.128. The van der Waals surface area contributed by atoms with E-state index in [-0.39, 0.29) is 23.8 Å². The molecule has 0 aromatic carbocycles. The molecule has 9 nitrogen and oxygen atoms in total. The number of anilines is 2. The van der Waals surface area contributed by atoms with Crippen LogP contribution in [0, 0.1) is 19.8 Å². The van der Waals surface area contributed by atoms with Crippen LogP contribution >= 0.6 is 0 Å². The van der Waals surface area contributed by atoms with Crippen LogP contribution in [0.2, 0.25) is 0 Å². The Morgan fingerprint density at radius 1 is 1.18 bits per heavy atom. The van der Waals surface area contributed by atoms with Crippen LogP contribution in [-0.4, -0.2) is 35.9 Å². The van der Waals surface area contributed by atoms with Crippen LogP contribution in [0.1, 0.15) is 54.2 Å². The van der Waals surface area contributed by atoms with E-state index in [4.69, 9.17) is 4.98 Å². The summed E-state index contributed by atoms with van der Waals surface area (Å²) in [5.41, 5.74) is 4.10. The zero-order chi connectivity index (χ0) is 23.7. The lowest BCUT2D eigenvalue weighted by Gasteiger charge is -2.35. The molecule has 0 spiro atoms. The van der Waals surface area contributed by atoms with Gasteiger partial charge in [-0.2, -0.15) is 10.2 Å². The summed E-state index contributed by atoms with van der Waals surface area (Å²) in [6.45, 7) is 6.00. The summed E-state index contributed by atoms with van der Waals surface area (Å²) in [4.78, 5) is 22.1. The summed E-state index contributed by atoms with van der Waals surface area (Å²) in [7, 11) is 0. The minimum absolute atomic E-state index is 0.00327. The van der Waals surface area contributed by atoms with Crippen LogP contribution in [0.15, 0.2) is 55.0 Å². The fraction of sp³-hybridized carbons (Fsp3) is 0.320. The molecule has 5 rings (SSSR count). The number of rotatable bonds is 7. The second-order valence-electron chi connectivity index (χ2n) is 9.01. The number of hydrogen-bond acceptors (Lipinski definition) is 6. The molecule has 0 saturated heterocycles. The van der Waals surface area contributed by atoms with Crippen molar-refractivity contribution in [2.24, 2.45) is 5.92 Å². The standard InChI is InChI=1S/C25H28N8O/c1-15-9-21(29-22(10-15)30-23-11-16(2)31-32-23)19-12-20(13-19)25(34)28-17(3)18-5-6-24(26-14-18)33-8-4-7-27-33/h4-11,14,17,19-20H,12-13H2,1-3H3,(H,28,34)(H2,29,30,31,32)/t17-,19-,20-/m1/s1. The topological polar surface area (TPSA) is 113 Å². The predicted molar refractivity (Wildman–Crippen MR) is 129 cm³/mol. The molecule has 1 aliphatic carbocycles. The first-order valence-corrected chi connectivity index (χ1v) is 11.5. The van der Waals surface area contributed by atoms with Gasteiger partial charge in [0.15, 0.2) is 11.6 Å². The maximum atomic E-state index is 12.8. The molecular formula is C25H28N8O. The summed E-state index contributed by atoms with van der Waals surface area (Å²) < 4.78 is 1.71. The molecule has 4 aromatic rings. The fourth-order valence-electron chi connectivity index (χ4n) is 4.26. The number of nitrogens with one attached hydrogen (secondary N) is 3. The van der Waals surface area contributed by atoms with Crippen molar-refractivity contribution in [1.29, 1.82) is 0 Å². The highest BCUT2D eigenvalue weighted by Gasteiger charge is 2.36. The quantitative estimate of drug-likeness (QED) is 0.386. The average Bonchev–Trinajstić information content (AvgIpc) is 3.44. The largest absolute Gasteiger partial charge is 0.349 e. The van der Waals surface area contributed by atoms with E-state index in [1.54, 1.807) is 17.1 Å². The van der Waals surface area contributed by atoms with Gasteiger partial charge in [0.05, 0.1) is 6.04 Å². The molecular weight excluding hydrogens is 428 g/mol. The molecule has 34 heavy (non-hydrogen) atoms. The summed E-state index contributed by atoms with van der Waals surface area (Å²) >= 11 is 0. The summed E-state index contributed by atoms with van der Waals surface area (Å²) in [6, 6.07) is 11.7. The van der Waals surface area contributed by atoms with Gasteiger partial charge in [0.2, 0.25) is 5.91 Å². The van der Waals surface area contributed by atoms with Crippen LogP contribution in [0.3, 0.4) is 0 Å². The van der Waals surface area contributed by atoms with E-state index in [0.717, 1.165) is 52.8 Å². The van der Waals surface area contributed by atoms with Crippen molar-refractivity contribution in [3.8, 4) is 5.82 Å². The van der Waals surface area contributed by atoms with Crippen LogP contribution in [0.25, 0.3) is 5.82 Å². The Morgan fingerprint density at radius 3 is 2.71 bits per heavy atom. The number of carbonyl (C=O) groups excluding carboxylic acids is 1. The Labute approximate surface area is 198 Å². The van der Waals surface area contributed by atoms with Gasteiger partial charge in [-0.3, -0.25) is 9.89 Å². The van der Waals surface area contributed by atoms with E-state index in [2.05, 4.69) is 43.9 Å². The lowest BCUT2D eigenvalue weighted by atomic mass is 9.72. The Morgan fingerprint density at radius 2 is 2.03 bits per heavy atom. The molecule has 0 bridgehead atoms. The highest BCUT2D eigenvalue weighted by Crippen LogP contribution is 2.42. The number of aromatic nitrogens is 6. The fourth-order valence-corrected chi connectivity index (χ4v) is 4.26. The van der Waals surface area contributed by atoms with E-state index >= 15 is 0 Å². The van der Waals surface area contributed by atoms with Gasteiger partial charge in [-0.15, -0.1) is 0 Å². The van der Waals surface area contributed by atoms with E-state index in [9.17, 15) is 4.79 Å². The maximum Gasteiger partial charge on any atom is 0.223 e. The number of aryl methyl sites for hydroxylation is 2. The third-order valence-electron chi connectivity index (χ3n) is 6.25. The minimum atomic E-state index is -0.115. The van der Waals surface area contributed by atoms with Gasteiger partial charge in [0, 0.05) is 47.9 Å². The summed E-state index contributed by atoms with van der Waals surface area (Å²) in [5.74, 6) is 2.62. The molecule has 1 atom stereocenters. The van der Waals surface area contributed by atoms with Gasteiger partial charge in [-0.05, 0) is 69.0 Å². The molecule has 174 valence electrons. The Balaban J connectivity index is 1.17. The second kappa shape index (κ2) is 9.09. The Kier molecular flexibility index (Phi) is 5.83. The number of nitrogens with zero attached hydrogens (tertiary/aromatic N) is 5. The van der Waals surface area contributed by atoms with Gasteiger partial charge < -0.3 is 10.6 Å². The lowest BCUT2D eigenvalue weighted by Crippen LogP contribution is -2.39. The van der Waals surface area contributed by atoms with Gasteiger partial charge in [-0.1, -0.05) is 6.07 Å². The minimum Gasteiger partial charge on any atom is -0.349 e. The number of hydrogen-bond donors (Lipinski definition) is 3. The molecule has 0 unspecified atom stereocenters. The third kappa shape index (κ3) is 4.68. The molecule has 3 N–H and O–H groups in total. The van der Waals surface area contributed by atoms with Crippen molar-refractivity contribution in [3.05, 3.63) is 77.5 Å². The molecule has 0 aliphatic heterocycles. The predicted octanol–water partition coefficient (Wildman–Crippen LogP) is 4.12. The first-order chi connectivity index (χ1) is 16.4. The molecule has 4 heterocycles. The Hall–Kier alpha value is -4.01. The van der Waals surface area contributed by atoms with E-state index in [1.807, 2.05) is 50.4 Å². The molecule has 9 heteroatoms. The molecule has 1 aliphatic rings. The van der Waals surface area contributed by atoms with Gasteiger partial charge in [0.1, 0.15) is 5.82 Å². The number of aromatic amines is 1. The number of amides is 1. The van der Waals surface area contributed by atoms with Gasteiger partial charge in [-0.25, -0.2) is 14.6 Å². The number of H-pyrrole nitrogens is 1. The van der Waals surface area contributed by atoms with Crippen LogP contribution in [-0.2, 0) is 4.79 Å². The normalized spacial score (nSPS) is 18.2. The molecule has 1 amide bonds. The van der Waals surface area contributed by atoms with Crippen molar-refractivity contribution in [2.45, 2.75) is 45.6 Å². The molecule has 0 radical (unpaired) electrons. The second-order valence-corrected chi connectivity index (χ2v) is 9.01. The first-order valence-electron chi connectivity index (χ1n) is 11.5. The zero-order valence-corrected chi connectivity index (χ0v) is 19.5. The monoisotopic (exact) mass is 456 g/mol. The van der Waals surface area contributed by atoms with E-state index < -0.39 is 0 Å². The summed E-state index contributed by atoms with van der Waals surface area (Å²) in [6.07, 6.45) is 6.95. The van der Waals surface area contributed by atoms with Crippen LogP contribution < -0.4 is 10.6 Å². The van der Waals surface area contributed by atoms with E-state index in [1.165, 1.54) is 0 Å². The molecule has 1 fully saturated rings. The average molecular weight is 457 g/mol. The Bertz CT molecular complexity index is 1270. The third-order valence-corrected chi connectivity index (χ3v) is 6.25. The van der Waals surface area contributed by atoms with Crippen molar-refractivity contribution in [3.63, 3.8) is 0 Å². The molecule has 1 saturated carbocycles. The van der Waals surface area contributed by atoms with Gasteiger partial charge in [0.25, 0.3) is 0 Å². The van der Waals surface area contributed by atoms with Crippen LogP contribution in [0.4, 0.5) is 11.6 Å². The summed E-state index contributed by atoms with van der Waals surface area (Å²) in [5, 5.41) is 17.7.